The second-order valence-corrected chi connectivity index (χ2v) is 5.17. The molecule has 0 aromatic heterocycles. The van der Waals surface area contributed by atoms with Crippen LogP contribution in [-0.4, -0.2) is 42.1 Å². The number of hydrogen-bond donors (Lipinski definition) is 4. The number of carboxylic acid groups (broad SMARTS) is 1. The Morgan fingerprint density at radius 2 is 1.84 bits per heavy atom. The average Bonchev–Trinajstić information content (AvgIpc) is 3.06. The number of amides is 3. The van der Waals surface area contributed by atoms with Crippen molar-refractivity contribution in [3.8, 4) is 0 Å². The van der Waals surface area contributed by atoms with E-state index in [2.05, 4.69) is 16.0 Å². The highest BCUT2D eigenvalue weighted by Crippen LogP contribution is 2.45. The first kappa shape index (κ1) is 15.3. The van der Waals surface area contributed by atoms with Crippen molar-refractivity contribution >= 4 is 17.9 Å². The normalized spacial score (nSPS) is 15.7. The minimum Gasteiger partial charge on any atom is -0.481 e. The summed E-state index contributed by atoms with van der Waals surface area (Å²) in [6.07, 6.45) is 1.40. The maximum atomic E-state index is 11.4. The first-order chi connectivity index (χ1) is 8.85. The molecule has 7 nitrogen and oxygen atoms in total. The van der Waals surface area contributed by atoms with Gasteiger partial charge in [-0.15, -0.1) is 0 Å². The van der Waals surface area contributed by atoms with Crippen LogP contribution in [0.5, 0.6) is 0 Å². The van der Waals surface area contributed by atoms with E-state index in [1.165, 1.54) is 0 Å². The highest BCUT2D eigenvalue weighted by Gasteiger charge is 2.50. The van der Waals surface area contributed by atoms with Crippen LogP contribution < -0.4 is 16.0 Å². The van der Waals surface area contributed by atoms with Crippen molar-refractivity contribution in [3.05, 3.63) is 0 Å². The van der Waals surface area contributed by atoms with E-state index in [0.717, 1.165) is 0 Å². The molecule has 0 aromatic rings. The molecular formula is C12H21N3O4. The van der Waals surface area contributed by atoms with Gasteiger partial charge in [-0.2, -0.15) is 0 Å². The first-order valence-corrected chi connectivity index (χ1v) is 6.40. The summed E-state index contributed by atoms with van der Waals surface area (Å²) in [4.78, 5) is 33.6. The smallest absolute Gasteiger partial charge is 0.314 e. The zero-order chi connectivity index (χ0) is 14.5. The lowest BCUT2D eigenvalue weighted by atomic mass is 10.1. The van der Waals surface area contributed by atoms with E-state index < -0.39 is 17.4 Å². The van der Waals surface area contributed by atoms with Crippen molar-refractivity contribution < 1.29 is 19.5 Å². The largest absolute Gasteiger partial charge is 0.481 e. The number of nitrogens with one attached hydrogen (secondary N) is 3. The Hall–Kier alpha value is -1.79. The van der Waals surface area contributed by atoms with Gasteiger partial charge in [0.05, 0.1) is 5.41 Å². The molecule has 1 aliphatic rings. The highest BCUT2D eigenvalue weighted by molar-refractivity contribution is 5.81. The fourth-order valence-corrected chi connectivity index (χ4v) is 1.61. The predicted molar refractivity (Wildman–Crippen MR) is 68.6 cm³/mol. The summed E-state index contributed by atoms with van der Waals surface area (Å²) in [6, 6.07) is -0.364. The average molecular weight is 271 g/mol. The minimum absolute atomic E-state index is 0.0756. The van der Waals surface area contributed by atoms with Crippen LogP contribution in [0.25, 0.3) is 0 Å². The van der Waals surface area contributed by atoms with Crippen LogP contribution in [0.2, 0.25) is 0 Å². The van der Waals surface area contributed by atoms with E-state index >= 15 is 0 Å². The molecule has 0 radical (unpaired) electrons. The van der Waals surface area contributed by atoms with Gasteiger partial charge in [-0.25, -0.2) is 4.79 Å². The molecule has 0 bridgehead atoms. The minimum atomic E-state index is -0.871. The zero-order valence-corrected chi connectivity index (χ0v) is 11.3. The molecule has 19 heavy (non-hydrogen) atoms. The maximum Gasteiger partial charge on any atom is 0.314 e. The second-order valence-electron chi connectivity index (χ2n) is 5.17. The molecule has 1 fully saturated rings. The van der Waals surface area contributed by atoms with E-state index in [4.69, 9.17) is 5.11 Å². The number of urea groups is 1. The van der Waals surface area contributed by atoms with Crippen molar-refractivity contribution in [3.63, 3.8) is 0 Å². The monoisotopic (exact) mass is 271 g/mol. The Morgan fingerprint density at radius 3 is 2.32 bits per heavy atom. The third kappa shape index (κ3) is 5.15. The van der Waals surface area contributed by atoms with E-state index in [0.29, 0.717) is 12.8 Å². The molecule has 4 N–H and O–H groups in total. The van der Waals surface area contributed by atoms with Gasteiger partial charge in [-0.3, -0.25) is 9.59 Å². The van der Waals surface area contributed by atoms with Gasteiger partial charge in [0.15, 0.2) is 0 Å². The molecule has 7 heteroatoms. The molecule has 0 heterocycles. The maximum absolute atomic E-state index is 11.4. The summed E-state index contributed by atoms with van der Waals surface area (Å²) in [5.41, 5.74) is -0.771. The summed E-state index contributed by atoms with van der Waals surface area (Å²) in [5, 5.41) is 16.7. The Morgan fingerprint density at radius 1 is 1.21 bits per heavy atom. The topological polar surface area (TPSA) is 108 Å². The molecule has 0 aliphatic heterocycles. The van der Waals surface area contributed by atoms with Crippen molar-refractivity contribution in [2.75, 3.05) is 13.1 Å². The SMILES string of the molecule is CC(C)NC(=O)CCNC(=O)NCC1(C(=O)O)CC1. The molecule has 108 valence electrons. The van der Waals surface area contributed by atoms with Gasteiger partial charge in [0.1, 0.15) is 0 Å². The molecule has 0 saturated heterocycles. The molecule has 0 aromatic carbocycles. The van der Waals surface area contributed by atoms with Crippen LogP contribution in [0, 0.1) is 5.41 Å². The van der Waals surface area contributed by atoms with Crippen LogP contribution in [0.4, 0.5) is 4.79 Å². The molecule has 1 saturated carbocycles. The van der Waals surface area contributed by atoms with E-state index in [1.54, 1.807) is 0 Å². The molecule has 1 rings (SSSR count). The number of carbonyl (C=O) groups is 3. The number of aliphatic carboxylic acids is 1. The van der Waals surface area contributed by atoms with Crippen molar-refractivity contribution in [2.45, 2.75) is 39.2 Å². The Bertz CT molecular complexity index is 364. The molecule has 3 amide bonds. The Kier molecular flexibility index (Phi) is 5.14. The van der Waals surface area contributed by atoms with Gasteiger partial charge in [0.25, 0.3) is 0 Å². The Labute approximate surface area is 112 Å². The number of carbonyl (C=O) groups excluding carboxylic acids is 2. The fourth-order valence-electron chi connectivity index (χ4n) is 1.61. The molecule has 0 unspecified atom stereocenters. The van der Waals surface area contributed by atoms with Gasteiger partial charge in [-0.1, -0.05) is 0 Å². The van der Waals surface area contributed by atoms with Crippen molar-refractivity contribution in [1.82, 2.24) is 16.0 Å². The van der Waals surface area contributed by atoms with Crippen LogP contribution in [-0.2, 0) is 9.59 Å². The van der Waals surface area contributed by atoms with E-state index in [9.17, 15) is 14.4 Å². The zero-order valence-electron chi connectivity index (χ0n) is 11.3. The molecular weight excluding hydrogens is 250 g/mol. The van der Waals surface area contributed by atoms with E-state index in [1.807, 2.05) is 13.8 Å². The van der Waals surface area contributed by atoms with Gasteiger partial charge in [0.2, 0.25) is 5.91 Å². The summed E-state index contributed by atoms with van der Waals surface area (Å²) in [5.74, 6) is -0.997. The van der Waals surface area contributed by atoms with Crippen LogP contribution >= 0.6 is 0 Å². The lowest BCUT2D eigenvalue weighted by Crippen LogP contribution is -2.42. The predicted octanol–water partition coefficient (Wildman–Crippen LogP) is 0.0651. The third-order valence-electron chi connectivity index (χ3n) is 2.98. The fraction of sp³-hybridized carbons (Fsp3) is 0.750. The summed E-state index contributed by atoms with van der Waals surface area (Å²) < 4.78 is 0. The lowest BCUT2D eigenvalue weighted by molar-refractivity contribution is -0.143. The summed E-state index contributed by atoms with van der Waals surface area (Å²) in [7, 11) is 0. The molecule has 0 atom stereocenters. The van der Waals surface area contributed by atoms with Gasteiger partial charge >= 0.3 is 12.0 Å². The van der Waals surface area contributed by atoms with Crippen molar-refractivity contribution in [2.24, 2.45) is 5.41 Å². The standard InChI is InChI=1S/C12H21N3O4/c1-8(2)15-9(16)3-6-13-11(19)14-7-12(4-5-12)10(17)18/h8H,3-7H2,1-2H3,(H,15,16)(H,17,18)(H2,13,14,19). The van der Waals surface area contributed by atoms with Crippen LogP contribution in [0.1, 0.15) is 33.1 Å². The first-order valence-electron chi connectivity index (χ1n) is 6.40. The third-order valence-corrected chi connectivity index (χ3v) is 2.98. The number of hydrogen-bond acceptors (Lipinski definition) is 3. The molecule has 0 spiro atoms. The quantitative estimate of drug-likeness (QED) is 0.525. The van der Waals surface area contributed by atoms with Gasteiger partial charge < -0.3 is 21.1 Å². The highest BCUT2D eigenvalue weighted by atomic mass is 16.4. The van der Waals surface area contributed by atoms with Crippen molar-refractivity contribution in [1.29, 1.82) is 0 Å². The summed E-state index contributed by atoms with van der Waals surface area (Å²) in [6.45, 7) is 4.08. The number of rotatable bonds is 7. The Balaban J connectivity index is 2.12. The van der Waals surface area contributed by atoms with Crippen LogP contribution in [0.3, 0.4) is 0 Å². The van der Waals surface area contributed by atoms with Gasteiger partial charge in [-0.05, 0) is 26.7 Å². The van der Waals surface area contributed by atoms with E-state index in [-0.39, 0.29) is 31.5 Å². The van der Waals surface area contributed by atoms with Crippen LogP contribution in [0.15, 0.2) is 0 Å². The molecule has 1 aliphatic carbocycles. The second kappa shape index (κ2) is 6.40. The number of carboxylic acids is 1. The van der Waals surface area contributed by atoms with Gasteiger partial charge in [0, 0.05) is 25.6 Å². The summed E-state index contributed by atoms with van der Waals surface area (Å²) >= 11 is 0. The lowest BCUT2D eigenvalue weighted by Gasteiger charge is -2.12.